The van der Waals surface area contributed by atoms with Crippen LogP contribution >= 0.6 is 15.9 Å². The lowest BCUT2D eigenvalue weighted by Gasteiger charge is -2.25. The predicted molar refractivity (Wildman–Crippen MR) is 78.3 cm³/mol. The Morgan fingerprint density at radius 3 is 2.95 bits per heavy atom. The van der Waals surface area contributed by atoms with Crippen LogP contribution < -0.4 is 5.32 Å². The fourth-order valence-electron chi connectivity index (χ4n) is 2.10. The van der Waals surface area contributed by atoms with Gasteiger partial charge in [-0.2, -0.15) is 0 Å². The van der Waals surface area contributed by atoms with E-state index >= 15 is 0 Å². The second-order valence-electron chi connectivity index (χ2n) is 4.79. The van der Waals surface area contributed by atoms with Crippen molar-refractivity contribution in [2.45, 2.75) is 12.0 Å². The van der Waals surface area contributed by atoms with Crippen LogP contribution in [0.15, 0.2) is 22.7 Å². The molecule has 0 radical (unpaired) electrons. The lowest BCUT2D eigenvalue weighted by Crippen LogP contribution is -2.45. The molecule has 1 saturated heterocycles. The zero-order chi connectivity index (χ0) is 15.5. The Balaban J connectivity index is 2.09. The first-order valence-electron chi connectivity index (χ1n) is 6.32. The van der Waals surface area contributed by atoms with Gasteiger partial charge in [0.2, 0.25) is 0 Å². The number of amides is 1. The molecule has 1 aromatic rings. The molecule has 7 nitrogen and oxygen atoms in total. The average Bonchev–Trinajstić information content (AvgIpc) is 2.94. The number of rotatable bonds is 5. The average molecular weight is 359 g/mol. The van der Waals surface area contributed by atoms with Gasteiger partial charge < -0.3 is 14.8 Å². The molecule has 8 heteroatoms. The van der Waals surface area contributed by atoms with Gasteiger partial charge in [-0.3, -0.25) is 14.9 Å². The predicted octanol–water partition coefficient (Wildman–Crippen LogP) is 1.89. The molecule has 0 aliphatic carbocycles. The Kier molecular flexibility index (Phi) is 4.92. The maximum absolute atomic E-state index is 12.2. The number of ether oxygens (including phenoxy) is 2. The molecule has 1 aromatic carbocycles. The van der Waals surface area contributed by atoms with Gasteiger partial charge in [-0.15, -0.1) is 0 Å². The van der Waals surface area contributed by atoms with Gasteiger partial charge in [-0.25, -0.2) is 0 Å². The van der Waals surface area contributed by atoms with Gasteiger partial charge in [-0.05, 0) is 22.0 Å². The van der Waals surface area contributed by atoms with Crippen LogP contribution in [0.4, 0.5) is 5.69 Å². The molecular formula is C13H15BrN2O5. The quantitative estimate of drug-likeness (QED) is 0.641. The number of halogens is 1. The van der Waals surface area contributed by atoms with Crippen LogP contribution in [-0.4, -0.2) is 43.3 Å². The number of nitro groups is 1. The molecule has 1 atom stereocenters. The summed E-state index contributed by atoms with van der Waals surface area (Å²) in [6.07, 6.45) is 0.694. The molecular weight excluding hydrogens is 344 g/mol. The SMILES string of the molecule is COC1(CNC(=O)c2cc([N+](=O)[O-])ccc2Br)CCOC1. The molecule has 21 heavy (non-hydrogen) atoms. The summed E-state index contributed by atoms with van der Waals surface area (Å²) in [6, 6.07) is 4.06. The first-order valence-corrected chi connectivity index (χ1v) is 7.12. The van der Waals surface area contributed by atoms with Gasteiger partial charge in [0.25, 0.3) is 11.6 Å². The number of hydrogen-bond donors (Lipinski definition) is 1. The minimum Gasteiger partial charge on any atom is -0.378 e. The second-order valence-corrected chi connectivity index (χ2v) is 5.65. The summed E-state index contributed by atoms with van der Waals surface area (Å²) in [7, 11) is 1.57. The molecule has 0 aromatic heterocycles. The minimum atomic E-state index is -0.537. The van der Waals surface area contributed by atoms with Crippen LogP contribution in [0.25, 0.3) is 0 Å². The largest absolute Gasteiger partial charge is 0.378 e. The summed E-state index contributed by atoms with van der Waals surface area (Å²) in [5, 5.41) is 13.5. The number of nitrogens with zero attached hydrogens (tertiary/aromatic N) is 1. The number of carbonyl (C=O) groups is 1. The Morgan fingerprint density at radius 2 is 2.38 bits per heavy atom. The van der Waals surface area contributed by atoms with Crippen molar-refractivity contribution < 1.29 is 19.2 Å². The van der Waals surface area contributed by atoms with Crippen LogP contribution in [0.5, 0.6) is 0 Å². The monoisotopic (exact) mass is 358 g/mol. The smallest absolute Gasteiger partial charge is 0.270 e. The lowest BCUT2D eigenvalue weighted by molar-refractivity contribution is -0.384. The summed E-state index contributed by atoms with van der Waals surface area (Å²) in [5.74, 6) is -0.395. The van der Waals surface area contributed by atoms with Crippen LogP contribution in [-0.2, 0) is 9.47 Å². The number of carbonyl (C=O) groups excluding carboxylic acids is 1. The van der Waals surface area contributed by atoms with Crippen molar-refractivity contribution in [3.05, 3.63) is 38.3 Å². The van der Waals surface area contributed by atoms with Gasteiger partial charge in [0.1, 0.15) is 5.60 Å². The number of nitrogens with one attached hydrogen (secondary N) is 1. The molecule has 1 aliphatic rings. The molecule has 1 aliphatic heterocycles. The summed E-state index contributed by atoms with van der Waals surface area (Å²) in [4.78, 5) is 22.4. The van der Waals surface area contributed by atoms with E-state index in [1.807, 2.05) is 0 Å². The number of hydrogen-bond acceptors (Lipinski definition) is 5. The van der Waals surface area contributed by atoms with Gasteiger partial charge in [0.05, 0.1) is 17.1 Å². The molecule has 1 fully saturated rings. The minimum absolute atomic E-state index is 0.131. The van der Waals surface area contributed by atoms with E-state index in [4.69, 9.17) is 9.47 Å². The topological polar surface area (TPSA) is 90.7 Å². The van der Waals surface area contributed by atoms with E-state index in [2.05, 4.69) is 21.2 Å². The number of non-ortho nitro benzene ring substituents is 1. The van der Waals surface area contributed by atoms with Crippen molar-refractivity contribution in [3.8, 4) is 0 Å². The fourth-order valence-corrected chi connectivity index (χ4v) is 2.53. The van der Waals surface area contributed by atoms with Gasteiger partial charge in [-0.1, -0.05) is 0 Å². The highest BCUT2D eigenvalue weighted by Gasteiger charge is 2.35. The lowest BCUT2D eigenvalue weighted by atomic mass is 10.0. The van der Waals surface area contributed by atoms with Crippen LogP contribution in [0.1, 0.15) is 16.8 Å². The zero-order valence-electron chi connectivity index (χ0n) is 11.4. The van der Waals surface area contributed by atoms with E-state index in [0.717, 1.165) is 0 Å². The fraction of sp³-hybridized carbons (Fsp3) is 0.462. The standard InChI is InChI=1S/C13H15BrN2O5/c1-20-13(4-5-21-8-13)7-15-12(17)10-6-9(16(18)19)2-3-11(10)14/h2-3,6H,4-5,7-8H2,1H3,(H,15,17). The van der Waals surface area contributed by atoms with Crippen LogP contribution in [0.3, 0.4) is 0 Å². The molecule has 114 valence electrons. The summed E-state index contributed by atoms with van der Waals surface area (Å²) in [5.41, 5.74) is -0.438. The zero-order valence-corrected chi connectivity index (χ0v) is 13.0. The molecule has 0 spiro atoms. The first kappa shape index (κ1) is 15.9. The van der Waals surface area contributed by atoms with Crippen molar-refractivity contribution in [3.63, 3.8) is 0 Å². The highest BCUT2D eigenvalue weighted by atomic mass is 79.9. The first-order chi connectivity index (χ1) is 9.97. The molecule has 0 bridgehead atoms. The van der Waals surface area contributed by atoms with Crippen molar-refractivity contribution in [1.82, 2.24) is 5.32 Å². The number of benzene rings is 1. The summed E-state index contributed by atoms with van der Waals surface area (Å²) < 4.78 is 11.2. The van der Waals surface area contributed by atoms with Crippen molar-refractivity contribution in [2.75, 3.05) is 26.9 Å². The molecule has 1 amide bonds. The molecule has 1 N–H and O–H groups in total. The number of methoxy groups -OCH3 is 1. The van der Waals surface area contributed by atoms with Gasteiger partial charge >= 0.3 is 0 Å². The Hall–Kier alpha value is -1.51. The summed E-state index contributed by atoms with van der Waals surface area (Å²) >= 11 is 3.22. The third kappa shape index (κ3) is 3.58. The Bertz CT molecular complexity index is 557. The van der Waals surface area contributed by atoms with E-state index in [0.29, 0.717) is 24.1 Å². The van der Waals surface area contributed by atoms with Gasteiger partial charge in [0, 0.05) is 43.3 Å². The summed E-state index contributed by atoms with van der Waals surface area (Å²) in [6.45, 7) is 1.29. The van der Waals surface area contributed by atoms with Crippen LogP contribution in [0, 0.1) is 10.1 Å². The Morgan fingerprint density at radius 1 is 1.62 bits per heavy atom. The maximum Gasteiger partial charge on any atom is 0.270 e. The van der Waals surface area contributed by atoms with E-state index in [1.54, 1.807) is 7.11 Å². The maximum atomic E-state index is 12.2. The second kappa shape index (κ2) is 6.50. The number of nitro benzene ring substituents is 1. The normalized spacial score (nSPS) is 21.2. The third-order valence-corrected chi connectivity index (χ3v) is 4.17. The highest BCUT2D eigenvalue weighted by Crippen LogP contribution is 2.24. The molecule has 1 heterocycles. The van der Waals surface area contributed by atoms with Crippen molar-refractivity contribution >= 4 is 27.5 Å². The van der Waals surface area contributed by atoms with E-state index < -0.39 is 16.4 Å². The van der Waals surface area contributed by atoms with Crippen molar-refractivity contribution in [2.24, 2.45) is 0 Å². The van der Waals surface area contributed by atoms with E-state index in [-0.39, 0.29) is 17.8 Å². The molecule has 0 saturated carbocycles. The molecule has 2 rings (SSSR count). The van der Waals surface area contributed by atoms with Crippen molar-refractivity contribution in [1.29, 1.82) is 0 Å². The van der Waals surface area contributed by atoms with Gasteiger partial charge in [0.15, 0.2) is 0 Å². The van der Waals surface area contributed by atoms with Crippen LogP contribution in [0.2, 0.25) is 0 Å². The third-order valence-electron chi connectivity index (χ3n) is 3.48. The molecule has 1 unspecified atom stereocenters. The Labute approximate surface area is 129 Å². The van der Waals surface area contributed by atoms with E-state index in [9.17, 15) is 14.9 Å². The highest BCUT2D eigenvalue weighted by molar-refractivity contribution is 9.10. The van der Waals surface area contributed by atoms with E-state index in [1.165, 1.54) is 18.2 Å².